The molecule has 0 saturated carbocycles. The third kappa shape index (κ3) is 1.49. The standard InChI is InChI=1S/CH2N4.Na.H/c1-2-4-5-3-1;;/h1H,(H,2,3,4,5);;/q;+1;-1. The molecule has 0 amide bonds. The maximum atomic E-state index is 3.38. The number of hydrogen-bond acceptors (Lipinski definition) is 3. The zero-order valence-electron chi connectivity index (χ0n) is 4.42. The van der Waals surface area contributed by atoms with Crippen LogP contribution in [-0.4, -0.2) is 20.6 Å². The number of aromatic nitrogens is 4. The van der Waals surface area contributed by atoms with Gasteiger partial charge in [0.25, 0.3) is 0 Å². The number of hydrogen-bond donors (Lipinski definition) is 1. The molecule has 0 aliphatic carbocycles. The molecule has 0 aliphatic rings. The van der Waals surface area contributed by atoms with E-state index in [1.165, 1.54) is 6.33 Å². The number of tetrazole rings is 1. The molecule has 5 heteroatoms. The Balaban J connectivity index is 0. The molecule has 0 unspecified atom stereocenters. The van der Waals surface area contributed by atoms with Crippen molar-refractivity contribution in [3.63, 3.8) is 0 Å². The minimum atomic E-state index is 0. The predicted octanol–water partition coefficient (Wildman–Crippen LogP) is -3.68. The SMILES string of the molecule is [H-].[Na+].c1nn[nH]n1. The molecule has 0 aromatic carbocycles. The Labute approximate surface area is 58.1 Å². The van der Waals surface area contributed by atoms with Gasteiger partial charge in [-0.25, -0.2) is 0 Å². The zero-order chi connectivity index (χ0) is 3.54. The van der Waals surface area contributed by atoms with E-state index in [9.17, 15) is 0 Å². The fraction of sp³-hybridized carbons (Fsp3) is 0. The van der Waals surface area contributed by atoms with Gasteiger partial charge in [0.2, 0.25) is 0 Å². The predicted molar refractivity (Wildman–Crippen MR) is 15.3 cm³/mol. The Kier molecular flexibility index (Phi) is 3.31. The van der Waals surface area contributed by atoms with Gasteiger partial charge in [0.1, 0.15) is 0 Å². The van der Waals surface area contributed by atoms with Gasteiger partial charge < -0.3 is 1.43 Å². The summed E-state index contributed by atoms with van der Waals surface area (Å²) in [7, 11) is 0. The second-order valence-electron chi connectivity index (χ2n) is 0.560. The average Bonchev–Trinajstić information content (AvgIpc) is 1.76. The van der Waals surface area contributed by atoms with E-state index in [4.69, 9.17) is 0 Å². The molecule has 4 nitrogen and oxygen atoms in total. The summed E-state index contributed by atoms with van der Waals surface area (Å²) in [5, 5.41) is 12.2. The van der Waals surface area contributed by atoms with Crippen molar-refractivity contribution in [1.82, 2.24) is 20.6 Å². The smallest absolute Gasteiger partial charge is 1.00 e. The molecule has 0 spiro atoms. The molecular formula is CH3N4Na. The Morgan fingerprint density at radius 2 is 2.50 bits per heavy atom. The molecule has 0 radical (unpaired) electrons. The van der Waals surface area contributed by atoms with Crippen LogP contribution in [0, 0.1) is 0 Å². The molecule has 0 atom stereocenters. The minimum absolute atomic E-state index is 0. The quantitative estimate of drug-likeness (QED) is 0.337. The van der Waals surface area contributed by atoms with Gasteiger partial charge in [0.05, 0.1) is 0 Å². The summed E-state index contributed by atoms with van der Waals surface area (Å²) in [5.74, 6) is 0. The van der Waals surface area contributed by atoms with E-state index < -0.39 is 0 Å². The van der Waals surface area contributed by atoms with E-state index in [0.29, 0.717) is 0 Å². The second kappa shape index (κ2) is 3.27. The van der Waals surface area contributed by atoms with Gasteiger partial charge in [-0.05, 0) is 0 Å². The van der Waals surface area contributed by atoms with E-state index in [2.05, 4.69) is 20.6 Å². The van der Waals surface area contributed by atoms with Gasteiger partial charge in [-0.1, -0.05) is 5.21 Å². The summed E-state index contributed by atoms with van der Waals surface area (Å²) in [6, 6.07) is 0. The van der Waals surface area contributed by atoms with Gasteiger partial charge in [-0.3, -0.25) is 0 Å². The van der Waals surface area contributed by atoms with Crippen LogP contribution in [0.2, 0.25) is 0 Å². The van der Waals surface area contributed by atoms with Gasteiger partial charge in [0, 0.05) is 0 Å². The van der Waals surface area contributed by atoms with Crippen molar-refractivity contribution >= 4 is 0 Å². The maximum absolute atomic E-state index is 3.38. The first-order valence-electron chi connectivity index (χ1n) is 1.16. The molecule has 1 N–H and O–H groups in total. The fourth-order valence-corrected chi connectivity index (χ4v) is 0.129. The Morgan fingerprint density at radius 1 is 1.67 bits per heavy atom. The van der Waals surface area contributed by atoms with E-state index in [1.807, 2.05) is 0 Å². The van der Waals surface area contributed by atoms with Crippen LogP contribution in [-0.2, 0) is 0 Å². The molecule has 0 bridgehead atoms. The Hall–Kier alpha value is 0.0700. The molecule has 28 valence electrons. The number of nitrogens with one attached hydrogen (secondary N) is 1. The number of nitrogens with zero attached hydrogens (tertiary/aromatic N) is 3. The summed E-state index contributed by atoms with van der Waals surface area (Å²) in [4.78, 5) is 0. The Morgan fingerprint density at radius 3 is 2.67 bits per heavy atom. The summed E-state index contributed by atoms with van der Waals surface area (Å²) in [5.41, 5.74) is 0. The molecule has 0 fully saturated rings. The second-order valence-corrected chi connectivity index (χ2v) is 0.560. The van der Waals surface area contributed by atoms with Crippen LogP contribution in [0.4, 0.5) is 0 Å². The van der Waals surface area contributed by atoms with Gasteiger partial charge in [-0.15, -0.1) is 10.2 Å². The van der Waals surface area contributed by atoms with Gasteiger partial charge >= 0.3 is 29.6 Å². The molecule has 1 rings (SSSR count). The largest absolute Gasteiger partial charge is 1.00 e. The molecular weight excluding hydrogens is 91.0 g/mol. The molecule has 0 aliphatic heterocycles. The average molecular weight is 94.1 g/mol. The van der Waals surface area contributed by atoms with Crippen molar-refractivity contribution in [1.29, 1.82) is 0 Å². The van der Waals surface area contributed by atoms with E-state index in [0.717, 1.165) is 0 Å². The molecule has 1 heterocycles. The first-order chi connectivity index (χ1) is 2.50. The van der Waals surface area contributed by atoms with Crippen LogP contribution in [0.3, 0.4) is 0 Å². The van der Waals surface area contributed by atoms with Crippen LogP contribution in [0.1, 0.15) is 1.43 Å². The summed E-state index contributed by atoms with van der Waals surface area (Å²) in [6.45, 7) is 0. The van der Waals surface area contributed by atoms with Crippen LogP contribution in [0.5, 0.6) is 0 Å². The third-order valence-electron chi connectivity index (χ3n) is 0.270. The number of aromatic amines is 1. The van der Waals surface area contributed by atoms with E-state index in [1.54, 1.807) is 0 Å². The third-order valence-corrected chi connectivity index (χ3v) is 0.270. The van der Waals surface area contributed by atoms with Crippen LogP contribution >= 0.6 is 0 Å². The normalized spacial score (nSPS) is 6.67. The van der Waals surface area contributed by atoms with Crippen molar-refractivity contribution in [3.8, 4) is 0 Å². The van der Waals surface area contributed by atoms with Crippen molar-refractivity contribution in [3.05, 3.63) is 6.33 Å². The van der Waals surface area contributed by atoms with Crippen molar-refractivity contribution < 1.29 is 31.0 Å². The molecule has 6 heavy (non-hydrogen) atoms. The first-order valence-corrected chi connectivity index (χ1v) is 1.16. The Bertz CT molecular complexity index is 68.2. The van der Waals surface area contributed by atoms with E-state index in [-0.39, 0.29) is 31.0 Å². The van der Waals surface area contributed by atoms with Gasteiger partial charge in [-0.2, -0.15) is 5.21 Å². The molecule has 1 aromatic heterocycles. The maximum Gasteiger partial charge on any atom is 1.00 e. The van der Waals surface area contributed by atoms with Crippen molar-refractivity contribution in [2.45, 2.75) is 0 Å². The van der Waals surface area contributed by atoms with Crippen LogP contribution < -0.4 is 29.6 Å². The topological polar surface area (TPSA) is 54.5 Å². The molecule has 1 aromatic rings. The number of H-pyrrole nitrogens is 1. The van der Waals surface area contributed by atoms with Crippen LogP contribution in [0.15, 0.2) is 6.33 Å². The fourth-order valence-electron chi connectivity index (χ4n) is 0.129. The number of rotatable bonds is 0. The van der Waals surface area contributed by atoms with E-state index >= 15 is 0 Å². The van der Waals surface area contributed by atoms with Crippen molar-refractivity contribution in [2.75, 3.05) is 0 Å². The van der Waals surface area contributed by atoms with Crippen LogP contribution in [0.25, 0.3) is 0 Å². The van der Waals surface area contributed by atoms with Crippen molar-refractivity contribution in [2.24, 2.45) is 0 Å². The minimum Gasteiger partial charge on any atom is -1.00 e. The monoisotopic (exact) mass is 94.0 g/mol. The molecule has 0 saturated heterocycles. The zero-order valence-corrected chi connectivity index (χ0v) is 5.42. The van der Waals surface area contributed by atoms with Gasteiger partial charge in [0.15, 0.2) is 6.33 Å². The summed E-state index contributed by atoms with van der Waals surface area (Å²) < 4.78 is 0. The summed E-state index contributed by atoms with van der Waals surface area (Å²) in [6.07, 6.45) is 1.33. The first kappa shape index (κ1) is 6.07. The summed E-state index contributed by atoms with van der Waals surface area (Å²) >= 11 is 0.